The summed E-state index contributed by atoms with van der Waals surface area (Å²) in [7, 11) is 0. The summed E-state index contributed by atoms with van der Waals surface area (Å²) >= 11 is 0. The molecule has 4 aromatic rings. The van der Waals surface area contributed by atoms with Crippen molar-refractivity contribution in [1.29, 1.82) is 0 Å². The van der Waals surface area contributed by atoms with Crippen LogP contribution in [-0.2, 0) is 19.5 Å². The van der Waals surface area contributed by atoms with Gasteiger partial charge in [0.05, 0.1) is 16.6 Å². The number of rotatable bonds is 5. The van der Waals surface area contributed by atoms with E-state index in [9.17, 15) is 4.79 Å². The summed E-state index contributed by atoms with van der Waals surface area (Å²) in [5.41, 5.74) is 9.44. The van der Waals surface area contributed by atoms with Crippen LogP contribution in [0.1, 0.15) is 33.6 Å². The number of aromatic nitrogens is 3. The molecule has 1 amide bonds. The Morgan fingerprint density at radius 3 is 2.84 bits per heavy atom. The molecular weight excluding hydrogens is 392 g/mol. The molecule has 3 heterocycles. The predicted molar refractivity (Wildman–Crippen MR) is 117 cm³/mol. The maximum atomic E-state index is 11.8. The molecule has 31 heavy (non-hydrogen) atoms. The van der Waals surface area contributed by atoms with Gasteiger partial charge < -0.3 is 20.9 Å². The summed E-state index contributed by atoms with van der Waals surface area (Å²) in [4.78, 5) is 21.4. The van der Waals surface area contributed by atoms with E-state index in [4.69, 9.17) is 20.2 Å². The Morgan fingerprint density at radius 2 is 2.00 bits per heavy atom. The summed E-state index contributed by atoms with van der Waals surface area (Å²) < 4.78 is 5.60. The molecule has 8 heteroatoms. The lowest BCUT2D eigenvalue weighted by Gasteiger charge is -2.14. The van der Waals surface area contributed by atoms with Crippen LogP contribution in [0.3, 0.4) is 0 Å². The highest BCUT2D eigenvalue weighted by atomic mass is 16.5. The third-order valence-corrected chi connectivity index (χ3v) is 5.45. The lowest BCUT2D eigenvalue weighted by molar-refractivity contribution is 0.100. The van der Waals surface area contributed by atoms with Gasteiger partial charge in [-0.05, 0) is 37.1 Å². The number of nitrogens with one attached hydrogen (secondary N) is 2. The van der Waals surface area contributed by atoms with E-state index < -0.39 is 5.91 Å². The van der Waals surface area contributed by atoms with Gasteiger partial charge in [0.2, 0.25) is 11.6 Å². The van der Waals surface area contributed by atoms with Gasteiger partial charge in [0.25, 0.3) is 5.91 Å². The molecule has 4 N–H and O–H groups in total. The van der Waals surface area contributed by atoms with E-state index in [0.717, 1.165) is 36.5 Å². The molecule has 156 valence electrons. The van der Waals surface area contributed by atoms with E-state index >= 15 is 0 Å². The van der Waals surface area contributed by atoms with Crippen molar-refractivity contribution >= 4 is 22.6 Å². The topological polar surface area (TPSA) is 119 Å². The number of carbonyl (C=O) groups is 1. The van der Waals surface area contributed by atoms with E-state index in [0.29, 0.717) is 41.1 Å². The summed E-state index contributed by atoms with van der Waals surface area (Å²) in [6, 6.07) is 15.4. The molecule has 0 fully saturated rings. The zero-order chi connectivity index (χ0) is 21.2. The number of hydrogen-bond donors (Lipinski definition) is 3. The van der Waals surface area contributed by atoms with Crippen LogP contribution >= 0.6 is 0 Å². The maximum absolute atomic E-state index is 11.8. The first kappa shape index (κ1) is 19.2. The molecular formula is C23H22N6O2. The van der Waals surface area contributed by atoms with Crippen molar-refractivity contribution in [3.63, 3.8) is 0 Å². The second-order valence-corrected chi connectivity index (χ2v) is 7.52. The SMILES string of the molecule is NC(=O)c1cccc2c(-c3nc4c(c(NCc5ccccc5)n3)CCCNC4)onc12. The van der Waals surface area contributed by atoms with E-state index in [1.807, 2.05) is 24.3 Å². The second-order valence-electron chi connectivity index (χ2n) is 7.52. The van der Waals surface area contributed by atoms with Crippen molar-refractivity contribution in [2.45, 2.75) is 25.9 Å². The van der Waals surface area contributed by atoms with Gasteiger partial charge >= 0.3 is 0 Å². The van der Waals surface area contributed by atoms with Crippen molar-refractivity contribution in [1.82, 2.24) is 20.4 Å². The molecule has 2 aromatic carbocycles. The minimum Gasteiger partial charge on any atom is -0.366 e. The van der Waals surface area contributed by atoms with Crippen molar-refractivity contribution in [3.05, 3.63) is 70.9 Å². The van der Waals surface area contributed by atoms with Crippen LogP contribution in [0.15, 0.2) is 53.1 Å². The molecule has 0 spiro atoms. The number of carbonyl (C=O) groups excluding carboxylic acids is 1. The van der Waals surface area contributed by atoms with Crippen molar-refractivity contribution < 1.29 is 9.32 Å². The average molecular weight is 414 g/mol. The summed E-state index contributed by atoms with van der Waals surface area (Å²) in [5.74, 6) is 1.10. The van der Waals surface area contributed by atoms with Crippen molar-refractivity contribution in [2.24, 2.45) is 5.73 Å². The lowest BCUT2D eigenvalue weighted by atomic mass is 10.1. The first-order valence-electron chi connectivity index (χ1n) is 10.3. The van der Waals surface area contributed by atoms with E-state index in [1.165, 1.54) is 5.56 Å². The highest BCUT2D eigenvalue weighted by molar-refractivity contribution is 6.07. The molecule has 1 aliphatic heterocycles. The Hall–Kier alpha value is -3.78. The third-order valence-electron chi connectivity index (χ3n) is 5.45. The van der Waals surface area contributed by atoms with Gasteiger partial charge in [-0.3, -0.25) is 4.79 Å². The number of nitrogens with two attached hydrogens (primary N) is 1. The molecule has 8 nitrogen and oxygen atoms in total. The van der Waals surface area contributed by atoms with Gasteiger partial charge in [-0.25, -0.2) is 9.97 Å². The van der Waals surface area contributed by atoms with E-state index in [-0.39, 0.29) is 0 Å². The van der Waals surface area contributed by atoms with Crippen LogP contribution in [-0.4, -0.2) is 27.6 Å². The zero-order valence-corrected chi connectivity index (χ0v) is 16.9. The van der Waals surface area contributed by atoms with Crippen molar-refractivity contribution in [2.75, 3.05) is 11.9 Å². The number of anilines is 1. The molecule has 1 aliphatic rings. The minimum absolute atomic E-state index is 0.311. The van der Waals surface area contributed by atoms with Crippen molar-refractivity contribution in [3.8, 4) is 11.6 Å². The number of fused-ring (bicyclic) bond motifs is 2. The smallest absolute Gasteiger partial charge is 0.251 e. The molecule has 5 rings (SSSR count). The van der Waals surface area contributed by atoms with E-state index in [2.05, 4.69) is 27.9 Å². The number of hydrogen-bond acceptors (Lipinski definition) is 7. The molecule has 0 aliphatic carbocycles. The van der Waals surface area contributed by atoms with Crippen LogP contribution in [0.5, 0.6) is 0 Å². The molecule has 2 aromatic heterocycles. The average Bonchev–Trinajstić information content (AvgIpc) is 3.08. The summed E-state index contributed by atoms with van der Waals surface area (Å²) in [6.07, 6.45) is 1.91. The Morgan fingerprint density at radius 1 is 1.13 bits per heavy atom. The molecule has 0 saturated heterocycles. The fraction of sp³-hybridized carbons (Fsp3) is 0.217. The molecule has 0 atom stereocenters. The number of primary amides is 1. The number of benzene rings is 2. The highest BCUT2D eigenvalue weighted by Crippen LogP contribution is 2.31. The Labute approximate surface area is 178 Å². The van der Waals surface area contributed by atoms with Crippen LogP contribution in [0, 0.1) is 0 Å². The van der Waals surface area contributed by atoms with Gasteiger partial charge in [-0.15, -0.1) is 0 Å². The largest absolute Gasteiger partial charge is 0.366 e. The van der Waals surface area contributed by atoms with Crippen LogP contribution in [0.4, 0.5) is 5.82 Å². The van der Waals surface area contributed by atoms with E-state index in [1.54, 1.807) is 12.1 Å². The standard InChI is InChI=1S/C23H22N6O2/c24-21(30)17-9-4-8-16-19(17)29-31-20(16)23-27-18-13-25-11-5-10-15(18)22(28-23)26-12-14-6-2-1-3-7-14/h1-4,6-9,25H,5,10-13H2,(H2,24,30)(H,26,27,28). The predicted octanol–water partition coefficient (Wildman–Crippen LogP) is 3.03. The Balaban J connectivity index is 1.59. The molecule has 0 bridgehead atoms. The first-order valence-corrected chi connectivity index (χ1v) is 10.3. The number of nitrogens with zero attached hydrogens (tertiary/aromatic N) is 3. The van der Waals surface area contributed by atoms with Gasteiger partial charge in [-0.1, -0.05) is 41.6 Å². The van der Waals surface area contributed by atoms with Crippen LogP contribution < -0.4 is 16.4 Å². The fourth-order valence-electron chi connectivity index (χ4n) is 3.89. The quantitative estimate of drug-likeness (QED) is 0.459. The lowest BCUT2D eigenvalue weighted by Crippen LogP contribution is -2.14. The maximum Gasteiger partial charge on any atom is 0.251 e. The summed E-state index contributed by atoms with van der Waals surface area (Å²) in [6.45, 7) is 2.24. The van der Waals surface area contributed by atoms with Gasteiger partial charge in [0.1, 0.15) is 11.3 Å². The van der Waals surface area contributed by atoms with Crippen LogP contribution in [0.25, 0.3) is 22.5 Å². The fourth-order valence-corrected chi connectivity index (χ4v) is 3.89. The minimum atomic E-state index is -0.553. The van der Waals surface area contributed by atoms with Crippen LogP contribution in [0.2, 0.25) is 0 Å². The monoisotopic (exact) mass is 414 g/mol. The normalized spacial score (nSPS) is 13.5. The molecule has 0 radical (unpaired) electrons. The van der Waals surface area contributed by atoms with Gasteiger partial charge in [-0.2, -0.15) is 0 Å². The highest BCUT2D eigenvalue weighted by Gasteiger charge is 2.22. The first-order chi connectivity index (χ1) is 15.2. The zero-order valence-electron chi connectivity index (χ0n) is 16.9. The second kappa shape index (κ2) is 8.16. The number of amides is 1. The Bertz CT molecular complexity index is 1250. The molecule has 0 saturated carbocycles. The van der Waals surface area contributed by atoms with Gasteiger partial charge in [0.15, 0.2) is 0 Å². The third kappa shape index (κ3) is 3.73. The van der Waals surface area contributed by atoms with Gasteiger partial charge in [0, 0.05) is 18.7 Å². The summed E-state index contributed by atoms with van der Waals surface area (Å²) in [5, 5.41) is 11.6. The molecule has 0 unspecified atom stereocenters. The Kier molecular flexibility index (Phi) is 5.05.